The molecular weight excluding hydrogens is 344 g/mol. The van der Waals surface area contributed by atoms with Gasteiger partial charge in [0.05, 0.1) is 12.1 Å². The number of hydrogen-bond acceptors (Lipinski definition) is 5. The molecule has 1 spiro atoms. The van der Waals surface area contributed by atoms with Crippen molar-refractivity contribution < 1.29 is 14.3 Å². The Morgan fingerprint density at radius 1 is 1.15 bits per heavy atom. The molecule has 0 bridgehead atoms. The molecule has 7 heteroatoms. The summed E-state index contributed by atoms with van der Waals surface area (Å²) in [4.78, 5) is 27.1. The minimum atomic E-state index is -0.434. The molecule has 0 aromatic heterocycles. The molecule has 2 saturated heterocycles. The van der Waals surface area contributed by atoms with Gasteiger partial charge in [-0.25, -0.2) is 5.43 Å². The molecule has 0 radical (unpaired) electrons. The average Bonchev–Trinajstić information content (AvgIpc) is 3.45. The van der Waals surface area contributed by atoms with Crippen LogP contribution in [0.3, 0.4) is 0 Å². The van der Waals surface area contributed by atoms with E-state index in [0.29, 0.717) is 37.0 Å². The lowest BCUT2D eigenvalue weighted by Crippen LogP contribution is -2.56. The predicted molar refractivity (Wildman–Crippen MR) is 99.1 cm³/mol. The third-order valence-corrected chi connectivity index (χ3v) is 6.44. The monoisotopic (exact) mass is 370 g/mol. The summed E-state index contributed by atoms with van der Waals surface area (Å²) in [5, 5.41) is 3.00. The molecule has 27 heavy (non-hydrogen) atoms. The summed E-state index contributed by atoms with van der Waals surface area (Å²) in [6.07, 6.45) is 4.87. The van der Waals surface area contributed by atoms with Crippen LogP contribution < -0.4 is 20.9 Å². The van der Waals surface area contributed by atoms with Gasteiger partial charge < -0.3 is 15.0 Å². The van der Waals surface area contributed by atoms with Crippen molar-refractivity contribution in [2.45, 2.75) is 49.8 Å². The number of carbonyl (C=O) groups is 2. The van der Waals surface area contributed by atoms with Gasteiger partial charge in [-0.2, -0.15) is 0 Å². The Balaban J connectivity index is 1.23. The highest BCUT2D eigenvalue weighted by atomic mass is 16.5. The number of amides is 2. The van der Waals surface area contributed by atoms with Crippen molar-refractivity contribution in [1.29, 1.82) is 0 Å². The minimum absolute atomic E-state index is 0.0895. The molecule has 1 aromatic rings. The average molecular weight is 370 g/mol. The first-order chi connectivity index (χ1) is 13.1. The fourth-order valence-corrected chi connectivity index (χ4v) is 4.53. The molecule has 5 rings (SSSR count). The van der Waals surface area contributed by atoms with E-state index in [1.54, 1.807) is 6.07 Å². The zero-order valence-corrected chi connectivity index (χ0v) is 15.4. The van der Waals surface area contributed by atoms with E-state index in [4.69, 9.17) is 4.74 Å². The van der Waals surface area contributed by atoms with Gasteiger partial charge in [-0.05, 0) is 37.3 Å². The molecule has 2 unspecified atom stereocenters. The van der Waals surface area contributed by atoms with Crippen LogP contribution in [0.1, 0.15) is 42.5 Å². The van der Waals surface area contributed by atoms with E-state index in [2.05, 4.69) is 16.2 Å². The lowest BCUT2D eigenvalue weighted by atomic mass is 9.90. The quantitative estimate of drug-likeness (QED) is 0.718. The normalized spacial score (nSPS) is 29.6. The van der Waals surface area contributed by atoms with Crippen LogP contribution >= 0.6 is 0 Å². The van der Waals surface area contributed by atoms with Crippen molar-refractivity contribution >= 4 is 11.8 Å². The third-order valence-electron chi connectivity index (χ3n) is 6.44. The zero-order chi connectivity index (χ0) is 18.4. The Labute approximate surface area is 158 Å². The number of rotatable bonds is 2. The fourth-order valence-electron chi connectivity index (χ4n) is 4.53. The Kier molecular flexibility index (Phi) is 4.09. The van der Waals surface area contributed by atoms with Crippen LogP contribution in [0.5, 0.6) is 5.75 Å². The lowest BCUT2D eigenvalue weighted by molar-refractivity contribution is -0.136. The number of hydrazine groups is 1. The smallest absolute Gasteiger partial charge is 0.255 e. The number of piperidine rings is 1. The van der Waals surface area contributed by atoms with Gasteiger partial charge >= 0.3 is 0 Å². The number of likely N-dealkylation sites (tertiary alicyclic amines) is 1. The molecule has 3 N–H and O–H groups in total. The van der Waals surface area contributed by atoms with Crippen LogP contribution in [0, 0.1) is 5.92 Å². The molecular formula is C20H26N4O3. The van der Waals surface area contributed by atoms with E-state index in [1.807, 2.05) is 23.1 Å². The number of hydrogen-bond donors (Lipinski definition) is 3. The molecule has 3 aliphatic heterocycles. The molecule has 7 nitrogen and oxygen atoms in total. The van der Waals surface area contributed by atoms with E-state index in [9.17, 15) is 9.59 Å². The Morgan fingerprint density at radius 2 is 1.93 bits per heavy atom. The maximum absolute atomic E-state index is 12.9. The second-order valence-corrected chi connectivity index (χ2v) is 8.31. The second-order valence-electron chi connectivity index (χ2n) is 8.31. The van der Waals surface area contributed by atoms with Crippen LogP contribution in [-0.2, 0) is 4.79 Å². The summed E-state index contributed by atoms with van der Waals surface area (Å²) in [5.41, 5.74) is 6.65. The largest absolute Gasteiger partial charge is 0.484 e. The summed E-state index contributed by atoms with van der Waals surface area (Å²) in [6, 6.07) is 7.69. The summed E-state index contributed by atoms with van der Waals surface area (Å²) in [6.45, 7) is 1.79. The standard InChI is InChI=1S/C20H26N4O3/c25-18-14-3-1-2-4-17(14)27-20(12-21-18)7-9-24(10-8-20)19(26)16-11-15(22-23-16)13-5-6-13/h1-4,13,15-16,22-23H,5-12H2,(H,21,25). The van der Waals surface area contributed by atoms with Crippen LogP contribution in [0.2, 0.25) is 0 Å². The van der Waals surface area contributed by atoms with Crippen molar-refractivity contribution in [3.63, 3.8) is 0 Å². The first-order valence-electron chi connectivity index (χ1n) is 10.00. The van der Waals surface area contributed by atoms with Crippen molar-refractivity contribution in [2.24, 2.45) is 5.92 Å². The molecule has 2 atom stereocenters. The fraction of sp³-hybridized carbons (Fsp3) is 0.600. The summed E-state index contributed by atoms with van der Waals surface area (Å²) < 4.78 is 6.32. The van der Waals surface area contributed by atoms with E-state index in [1.165, 1.54) is 12.8 Å². The summed E-state index contributed by atoms with van der Waals surface area (Å²) >= 11 is 0. The molecule has 3 fully saturated rings. The molecule has 144 valence electrons. The number of ether oxygens (including phenoxy) is 1. The number of benzene rings is 1. The molecule has 1 aliphatic carbocycles. The third kappa shape index (κ3) is 3.19. The summed E-state index contributed by atoms with van der Waals surface area (Å²) in [7, 11) is 0. The van der Waals surface area contributed by atoms with Gasteiger partial charge in [-0.15, -0.1) is 0 Å². The van der Waals surface area contributed by atoms with Crippen molar-refractivity contribution in [1.82, 2.24) is 21.1 Å². The van der Waals surface area contributed by atoms with Crippen LogP contribution in [-0.4, -0.2) is 54.0 Å². The van der Waals surface area contributed by atoms with E-state index in [-0.39, 0.29) is 17.9 Å². The van der Waals surface area contributed by atoms with Crippen LogP contribution in [0.15, 0.2) is 24.3 Å². The van der Waals surface area contributed by atoms with E-state index in [0.717, 1.165) is 25.2 Å². The van der Waals surface area contributed by atoms with Crippen LogP contribution in [0.25, 0.3) is 0 Å². The predicted octanol–water partition coefficient (Wildman–Crippen LogP) is 0.815. The number of para-hydroxylation sites is 1. The highest BCUT2D eigenvalue weighted by Gasteiger charge is 2.44. The van der Waals surface area contributed by atoms with Gasteiger partial charge in [0.15, 0.2) is 0 Å². The van der Waals surface area contributed by atoms with Gasteiger partial charge in [0, 0.05) is 32.0 Å². The first-order valence-corrected chi connectivity index (χ1v) is 10.00. The SMILES string of the molecule is O=C1NCC2(CCN(C(=O)C3CC(C4CC4)NN3)CC2)Oc2ccccc21. The number of carbonyl (C=O) groups excluding carboxylic acids is 2. The molecule has 2 amide bonds. The van der Waals surface area contributed by atoms with Crippen molar-refractivity contribution in [2.75, 3.05) is 19.6 Å². The Hall–Kier alpha value is -2.12. The highest BCUT2D eigenvalue weighted by Crippen LogP contribution is 2.36. The number of nitrogens with one attached hydrogen (secondary N) is 3. The van der Waals surface area contributed by atoms with Crippen molar-refractivity contribution in [3.8, 4) is 5.75 Å². The Morgan fingerprint density at radius 3 is 2.70 bits per heavy atom. The van der Waals surface area contributed by atoms with Gasteiger partial charge in [-0.1, -0.05) is 12.1 Å². The highest BCUT2D eigenvalue weighted by molar-refractivity contribution is 5.97. The molecule has 1 aromatic carbocycles. The lowest BCUT2D eigenvalue weighted by Gasteiger charge is -2.41. The maximum Gasteiger partial charge on any atom is 0.255 e. The number of nitrogens with zero attached hydrogens (tertiary/aromatic N) is 1. The molecule has 4 aliphatic rings. The van der Waals surface area contributed by atoms with Crippen molar-refractivity contribution in [3.05, 3.63) is 29.8 Å². The Bertz CT molecular complexity index is 755. The van der Waals surface area contributed by atoms with Gasteiger partial charge in [0.2, 0.25) is 5.91 Å². The van der Waals surface area contributed by atoms with E-state index >= 15 is 0 Å². The zero-order valence-electron chi connectivity index (χ0n) is 15.4. The molecule has 1 saturated carbocycles. The van der Waals surface area contributed by atoms with Gasteiger partial charge in [-0.3, -0.25) is 15.0 Å². The van der Waals surface area contributed by atoms with Crippen LogP contribution in [0.4, 0.5) is 0 Å². The second kappa shape index (κ2) is 6.49. The first kappa shape index (κ1) is 17.0. The van der Waals surface area contributed by atoms with E-state index < -0.39 is 5.60 Å². The molecule has 3 heterocycles. The summed E-state index contributed by atoms with van der Waals surface area (Å²) in [5.74, 6) is 1.47. The van der Waals surface area contributed by atoms with Gasteiger partial charge in [0.25, 0.3) is 5.91 Å². The topological polar surface area (TPSA) is 82.7 Å². The number of fused-ring (bicyclic) bond motifs is 1. The van der Waals surface area contributed by atoms with Gasteiger partial charge in [0.1, 0.15) is 17.4 Å². The minimum Gasteiger partial charge on any atom is -0.484 e. The maximum atomic E-state index is 12.9.